The van der Waals surface area contributed by atoms with Crippen molar-refractivity contribution < 1.29 is 9.15 Å². The summed E-state index contributed by atoms with van der Waals surface area (Å²) in [6, 6.07) is 7.83. The minimum atomic E-state index is 0.432. The monoisotopic (exact) mass is 397 g/mol. The number of oxazole rings is 1. The van der Waals surface area contributed by atoms with E-state index in [4.69, 9.17) is 9.15 Å². The van der Waals surface area contributed by atoms with E-state index in [0.717, 1.165) is 34.4 Å². The maximum atomic E-state index is 5.64. The van der Waals surface area contributed by atoms with E-state index in [1.165, 1.54) is 0 Å². The van der Waals surface area contributed by atoms with Crippen molar-refractivity contribution in [3.05, 3.63) is 58.8 Å². The second kappa shape index (κ2) is 9.22. The summed E-state index contributed by atoms with van der Waals surface area (Å²) in [5.74, 6) is 4.58. The molecule has 3 aromatic rings. The molecule has 0 aliphatic heterocycles. The summed E-state index contributed by atoms with van der Waals surface area (Å²) >= 11 is 0. The van der Waals surface area contributed by atoms with Crippen LogP contribution in [0.1, 0.15) is 34.6 Å². The number of ether oxygens (including phenoxy) is 1. The normalized spacial score (nSPS) is 11.6. The zero-order valence-electron chi connectivity index (χ0n) is 17.5. The van der Waals surface area contributed by atoms with Gasteiger partial charge in [-0.25, -0.2) is 9.98 Å². The van der Waals surface area contributed by atoms with Crippen molar-refractivity contribution in [1.82, 2.24) is 30.4 Å². The molecule has 1 aromatic carbocycles. The first-order valence-electron chi connectivity index (χ1n) is 9.39. The smallest absolute Gasteiger partial charge is 0.214 e. The first kappa shape index (κ1) is 20.4. The Morgan fingerprint density at radius 2 is 1.83 bits per heavy atom. The van der Waals surface area contributed by atoms with Gasteiger partial charge in [0.2, 0.25) is 5.89 Å². The summed E-state index contributed by atoms with van der Waals surface area (Å²) in [6.07, 6.45) is 0. The molecule has 0 atom stereocenters. The Hall–Kier alpha value is -3.36. The molecular weight excluding hydrogens is 370 g/mol. The van der Waals surface area contributed by atoms with Gasteiger partial charge in [-0.15, -0.1) is 10.2 Å². The summed E-state index contributed by atoms with van der Waals surface area (Å²) in [7, 11) is 3.59. The number of nitrogens with one attached hydrogen (secondary N) is 2. The van der Waals surface area contributed by atoms with Crippen molar-refractivity contribution in [3.63, 3.8) is 0 Å². The van der Waals surface area contributed by atoms with Crippen LogP contribution >= 0.6 is 0 Å². The molecule has 0 amide bonds. The minimum Gasteiger partial charge on any atom is -0.497 e. The maximum absolute atomic E-state index is 5.64. The van der Waals surface area contributed by atoms with Gasteiger partial charge in [0.05, 0.1) is 32.4 Å². The van der Waals surface area contributed by atoms with E-state index in [1.807, 2.05) is 56.7 Å². The van der Waals surface area contributed by atoms with Gasteiger partial charge in [0, 0.05) is 7.05 Å². The van der Waals surface area contributed by atoms with Gasteiger partial charge in [-0.1, -0.05) is 12.1 Å². The van der Waals surface area contributed by atoms with Crippen LogP contribution in [-0.2, 0) is 26.7 Å². The highest BCUT2D eigenvalue weighted by Gasteiger charge is 2.09. The highest BCUT2D eigenvalue weighted by atomic mass is 16.5. The molecule has 0 fully saturated rings. The minimum absolute atomic E-state index is 0.432. The second-order valence-electron chi connectivity index (χ2n) is 6.69. The molecule has 0 aliphatic rings. The number of aliphatic imine (C=N–C) groups is 1. The number of methoxy groups -OCH3 is 1. The van der Waals surface area contributed by atoms with Gasteiger partial charge in [0.25, 0.3) is 0 Å². The van der Waals surface area contributed by atoms with Crippen LogP contribution in [0.2, 0.25) is 0 Å². The first-order chi connectivity index (χ1) is 14.0. The third-order valence-corrected chi connectivity index (χ3v) is 4.66. The molecule has 2 aromatic heterocycles. The molecule has 0 saturated heterocycles. The molecule has 2 N–H and O–H groups in total. The van der Waals surface area contributed by atoms with Gasteiger partial charge in [0.1, 0.15) is 17.3 Å². The quantitative estimate of drug-likeness (QED) is 0.465. The van der Waals surface area contributed by atoms with Crippen LogP contribution in [0.15, 0.2) is 33.7 Å². The molecule has 0 saturated carbocycles. The van der Waals surface area contributed by atoms with E-state index in [0.29, 0.717) is 31.5 Å². The number of hydrogen-bond donors (Lipinski definition) is 2. The topological polar surface area (TPSA) is 102 Å². The SMILES string of the molecule is COc1ccc(CN=C(NCc2nc(C)c(C)o2)NCc2nnc(C)n2C)cc1. The van der Waals surface area contributed by atoms with Crippen molar-refractivity contribution in [2.24, 2.45) is 12.0 Å². The van der Waals surface area contributed by atoms with Crippen molar-refractivity contribution in [3.8, 4) is 5.75 Å². The molecule has 3 rings (SSSR count). The highest BCUT2D eigenvalue weighted by Crippen LogP contribution is 2.12. The summed E-state index contributed by atoms with van der Waals surface area (Å²) < 4.78 is 12.8. The number of guanidine groups is 1. The number of nitrogens with zero attached hydrogens (tertiary/aromatic N) is 5. The molecule has 29 heavy (non-hydrogen) atoms. The fraction of sp³-hybridized carbons (Fsp3) is 0.400. The van der Waals surface area contributed by atoms with E-state index >= 15 is 0 Å². The molecule has 2 heterocycles. The third-order valence-electron chi connectivity index (χ3n) is 4.66. The molecule has 0 bridgehead atoms. The van der Waals surface area contributed by atoms with Gasteiger partial charge < -0.3 is 24.4 Å². The Labute approximate surface area is 170 Å². The first-order valence-corrected chi connectivity index (χ1v) is 9.39. The number of aromatic nitrogens is 4. The molecule has 9 heteroatoms. The van der Waals surface area contributed by atoms with Crippen LogP contribution in [0.5, 0.6) is 5.75 Å². The summed E-state index contributed by atoms with van der Waals surface area (Å²) in [5.41, 5.74) is 1.96. The zero-order valence-corrected chi connectivity index (χ0v) is 17.5. The van der Waals surface area contributed by atoms with E-state index in [1.54, 1.807) is 7.11 Å². The molecule has 0 aliphatic carbocycles. The lowest BCUT2D eigenvalue weighted by Crippen LogP contribution is -2.37. The second-order valence-corrected chi connectivity index (χ2v) is 6.69. The van der Waals surface area contributed by atoms with E-state index < -0.39 is 0 Å². The average Bonchev–Trinajstić information content (AvgIpc) is 3.22. The fourth-order valence-electron chi connectivity index (χ4n) is 2.62. The number of rotatable bonds is 7. The molecule has 0 unspecified atom stereocenters. The van der Waals surface area contributed by atoms with Crippen LogP contribution in [0.3, 0.4) is 0 Å². The Morgan fingerprint density at radius 3 is 2.41 bits per heavy atom. The van der Waals surface area contributed by atoms with E-state index in [9.17, 15) is 0 Å². The summed E-state index contributed by atoms with van der Waals surface area (Å²) in [5, 5.41) is 14.8. The highest BCUT2D eigenvalue weighted by molar-refractivity contribution is 5.79. The van der Waals surface area contributed by atoms with Crippen LogP contribution in [0, 0.1) is 20.8 Å². The zero-order chi connectivity index (χ0) is 20.8. The third kappa shape index (κ3) is 5.34. The largest absolute Gasteiger partial charge is 0.497 e. The van der Waals surface area contributed by atoms with Gasteiger partial charge in [-0.2, -0.15) is 0 Å². The van der Waals surface area contributed by atoms with Crippen LogP contribution in [0.25, 0.3) is 0 Å². The molecule has 9 nitrogen and oxygen atoms in total. The summed E-state index contributed by atoms with van der Waals surface area (Å²) in [6.45, 7) is 7.19. The molecule has 0 spiro atoms. The van der Waals surface area contributed by atoms with Crippen molar-refractivity contribution in [1.29, 1.82) is 0 Å². The van der Waals surface area contributed by atoms with Crippen LogP contribution in [-0.4, -0.2) is 32.8 Å². The predicted octanol–water partition coefficient (Wildman–Crippen LogP) is 2.17. The van der Waals surface area contributed by atoms with Crippen molar-refractivity contribution in [2.75, 3.05) is 7.11 Å². The molecule has 0 radical (unpaired) electrons. The average molecular weight is 397 g/mol. The Bertz CT molecular complexity index is 954. The van der Waals surface area contributed by atoms with Crippen LogP contribution in [0.4, 0.5) is 0 Å². The summed E-state index contributed by atoms with van der Waals surface area (Å²) in [4.78, 5) is 9.08. The maximum Gasteiger partial charge on any atom is 0.214 e. The number of hydrogen-bond acceptors (Lipinski definition) is 6. The Balaban J connectivity index is 1.69. The molecular formula is C20H27N7O2. The fourth-order valence-corrected chi connectivity index (χ4v) is 2.62. The van der Waals surface area contributed by atoms with Crippen LogP contribution < -0.4 is 15.4 Å². The number of aryl methyl sites for hydroxylation is 3. The Kier molecular flexibility index (Phi) is 6.48. The van der Waals surface area contributed by atoms with E-state index in [2.05, 4.69) is 30.8 Å². The van der Waals surface area contributed by atoms with Gasteiger partial charge in [-0.05, 0) is 38.5 Å². The van der Waals surface area contributed by atoms with Gasteiger partial charge in [-0.3, -0.25) is 0 Å². The Morgan fingerprint density at radius 1 is 1.10 bits per heavy atom. The molecule has 154 valence electrons. The lowest BCUT2D eigenvalue weighted by molar-refractivity contribution is 0.414. The lowest BCUT2D eigenvalue weighted by Gasteiger charge is -2.11. The number of benzene rings is 1. The predicted molar refractivity (Wildman–Crippen MR) is 110 cm³/mol. The van der Waals surface area contributed by atoms with Gasteiger partial charge >= 0.3 is 0 Å². The lowest BCUT2D eigenvalue weighted by atomic mass is 10.2. The van der Waals surface area contributed by atoms with Gasteiger partial charge in [0.15, 0.2) is 11.8 Å². The standard InChI is InChI=1S/C20H27N7O2/c1-13-14(2)29-19(24-13)12-23-20(22-11-18-26-25-15(3)27(18)4)21-10-16-6-8-17(28-5)9-7-16/h6-9H,10-12H2,1-5H3,(H2,21,22,23). The van der Waals surface area contributed by atoms with Crippen molar-refractivity contribution in [2.45, 2.75) is 40.4 Å². The van der Waals surface area contributed by atoms with Crippen molar-refractivity contribution >= 4 is 5.96 Å². The van der Waals surface area contributed by atoms with E-state index in [-0.39, 0.29) is 0 Å².